The van der Waals surface area contributed by atoms with Crippen LogP contribution in [-0.2, 0) is 0 Å². The summed E-state index contributed by atoms with van der Waals surface area (Å²) in [5, 5.41) is 0. The highest BCUT2D eigenvalue weighted by Gasteiger charge is 2.59. The Kier molecular flexibility index (Phi) is 2.01. The average Bonchev–Trinajstić information content (AvgIpc) is 2.29. The highest BCUT2D eigenvalue weighted by atomic mass is 15.5. The van der Waals surface area contributed by atoms with Crippen LogP contribution in [0.3, 0.4) is 0 Å². The molecule has 1 fully saturated rings. The summed E-state index contributed by atoms with van der Waals surface area (Å²) >= 11 is 0. The molecule has 0 aromatic heterocycles. The predicted octanol–water partition coefficient (Wildman–Crippen LogP) is 0.787. The summed E-state index contributed by atoms with van der Waals surface area (Å²) in [4.78, 5) is 2.27. The molecular formula is C9H21N2+. The minimum absolute atomic E-state index is 0.574. The minimum atomic E-state index is 0.574. The van der Waals surface area contributed by atoms with Crippen LogP contribution in [0.25, 0.3) is 0 Å². The van der Waals surface area contributed by atoms with Gasteiger partial charge in [0.25, 0.3) is 0 Å². The van der Waals surface area contributed by atoms with Crippen molar-refractivity contribution in [2.45, 2.75) is 18.9 Å². The maximum absolute atomic E-state index is 2.39. The number of quaternary nitrogens is 1. The van der Waals surface area contributed by atoms with E-state index in [1.807, 2.05) is 0 Å². The molecule has 2 heteroatoms. The number of likely N-dealkylation sites (N-methyl/N-ethyl adjacent to an activating group) is 1. The minimum Gasteiger partial charge on any atom is -0.314 e. The highest BCUT2D eigenvalue weighted by molar-refractivity contribution is 4.88. The van der Waals surface area contributed by atoms with Crippen LogP contribution >= 0.6 is 0 Å². The maximum Gasteiger partial charge on any atom is 0.147 e. The monoisotopic (exact) mass is 157 g/mol. The molecule has 0 aromatic carbocycles. The molecule has 1 atom stereocenters. The van der Waals surface area contributed by atoms with Crippen molar-refractivity contribution in [1.82, 2.24) is 4.90 Å². The normalized spacial score (nSPS) is 34.4. The molecule has 1 heterocycles. The molecule has 1 saturated heterocycles. The van der Waals surface area contributed by atoms with Gasteiger partial charge in [-0.3, -0.25) is 0 Å². The van der Waals surface area contributed by atoms with Crippen LogP contribution in [0.2, 0.25) is 0 Å². The lowest BCUT2D eigenvalue weighted by Crippen LogP contribution is -2.29. The molecule has 0 N–H and O–H groups in total. The van der Waals surface area contributed by atoms with Gasteiger partial charge >= 0.3 is 0 Å². The van der Waals surface area contributed by atoms with Crippen molar-refractivity contribution in [2.75, 3.05) is 41.3 Å². The molecule has 66 valence electrons. The van der Waals surface area contributed by atoms with Gasteiger partial charge in [-0.2, -0.15) is 0 Å². The van der Waals surface area contributed by atoms with Crippen LogP contribution in [0.5, 0.6) is 0 Å². The van der Waals surface area contributed by atoms with Crippen molar-refractivity contribution in [3.8, 4) is 0 Å². The third-order valence-corrected chi connectivity index (χ3v) is 3.19. The molecule has 1 rings (SSSR count). The topological polar surface area (TPSA) is 3.24 Å². The fraction of sp³-hybridized carbons (Fsp3) is 1.00. The summed E-state index contributed by atoms with van der Waals surface area (Å²) in [5.41, 5.74) is 0.574. The van der Waals surface area contributed by atoms with Crippen molar-refractivity contribution in [1.29, 1.82) is 0 Å². The molecule has 0 aromatic rings. The molecule has 0 aliphatic carbocycles. The quantitative estimate of drug-likeness (QED) is 0.432. The zero-order chi connectivity index (χ0) is 8.70. The van der Waals surface area contributed by atoms with Crippen molar-refractivity contribution >= 4 is 0 Å². The summed E-state index contributed by atoms with van der Waals surface area (Å²) in [6.07, 6.45) is 1.33. The van der Waals surface area contributed by atoms with E-state index in [0.29, 0.717) is 5.54 Å². The molecule has 0 saturated carbocycles. The van der Waals surface area contributed by atoms with Gasteiger partial charge in [-0.25, -0.2) is 0 Å². The molecule has 0 amide bonds. The van der Waals surface area contributed by atoms with E-state index >= 15 is 0 Å². The number of nitrogens with zero attached hydrogens (tertiary/aromatic N) is 2. The largest absolute Gasteiger partial charge is 0.314 e. The van der Waals surface area contributed by atoms with Gasteiger partial charge in [-0.1, -0.05) is 0 Å². The summed E-state index contributed by atoms with van der Waals surface area (Å²) in [5.74, 6) is 0. The van der Waals surface area contributed by atoms with Gasteiger partial charge in [-0.15, -0.1) is 0 Å². The van der Waals surface area contributed by atoms with E-state index in [2.05, 4.69) is 40.0 Å². The van der Waals surface area contributed by atoms with Crippen LogP contribution in [0.1, 0.15) is 13.3 Å². The first-order valence-electron chi connectivity index (χ1n) is 4.35. The van der Waals surface area contributed by atoms with E-state index in [-0.39, 0.29) is 0 Å². The SMILES string of the molecule is CN(C)CCC1(C)C[N+]1(C)C. The fourth-order valence-corrected chi connectivity index (χ4v) is 1.66. The summed E-state index contributed by atoms with van der Waals surface area (Å²) in [6, 6.07) is 0. The van der Waals surface area contributed by atoms with Crippen LogP contribution in [0.4, 0.5) is 0 Å². The Morgan fingerprint density at radius 1 is 1.36 bits per heavy atom. The molecule has 2 nitrogen and oxygen atoms in total. The van der Waals surface area contributed by atoms with E-state index in [4.69, 9.17) is 0 Å². The van der Waals surface area contributed by atoms with E-state index in [1.54, 1.807) is 0 Å². The molecule has 11 heavy (non-hydrogen) atoms. The number of hydrogen-bond acceptors (Lipinski definition) is 1. The van der Waals surface area contributed by atoms with E-state index in [0.717, 1.165) is 0 Å². The lowest BCUT2D eigenvalue weighted by atomic mass is 10.1. The molecule has 0 radical (unpaired) electrons. The highest BCUT2D eigenvalue weighted by Crippen LogP contribution is 2.40. The second-order valence-corrected chi connectivity index (χ2v) is 4.89. The molecule has 1 aliphatic heterocycles. The number of rotatable bonds is 3. The van der Waals surface area contributed by atoms with Crippen molar-refractivity contribution in [2.24, 2.45) is 0 Å². The summed E-state index contributed by atoms with van der Waals surface area (Å²) < 4.78 is 1.21. The second-order valence-electron chi connectivity index (χ2n) is 4.89. The van der Waals surface area contributed by atoms with Gasteiger partial charge in [-0.05, 0) is 21.0 Å². The average molecular weight is 157 g/mol. The molecule has 1 unspecified atom stereocenters. The van der Waals surface area contributed by atoms with Gasteiger partial charge in [0.1, 0.15) is 12.1 Å². The Morgan fingerprint density at radius 3 is 2.09 bits per heavy atom. The lowest BCUT2D eigenvalue weighted by Gasteiger charge is -2.16. The van der Waals surface area contributed by atoms with Crippen LogP contribution in [0.15, 0.2) is 0 Å². The molecule has 1 aliphatic rings. The second kappa shape index (κ2) is 2.46. The first kappa shape index (κ1) is 9.01. The zero-order valence-corrected chi connectivity index (χ0v) is 8.52. The van der Waals surface area contributed by atoms with Crippen molar-refractivity contribution in [3.63, 3.8) is 0 Å². The Bertz CT molecular complexity index is 152. The molecule has 0 spiro atoms. The van der Waals surface area contributed by atoms with Crippen LogP contribution < -0.4 is 0 Å². The Morgan fingerprint density at radius 2 is 1.82 bits per heavy atom. The first-order valence-corrected chi connectivity index (χ1v) is 4.35. The van der Waals surface area contributed by atoms with Crippen molar-refractivity contribution < 1.29 is 4.48 Å². The summed E-state index contributed by atoms with van der Waals surface area (Å²) in [6.45, 7) is 4.95. The summed E-state index contributed by atoms with van der Waals surface area (Å²) in [7, 11) is 8.92. The third-order valence-electron chi connectivity index (χ3n) is 3.19. The predicted molar refractivity (Wildman–Crippen MR) is 48.6 cm³/mol. The van der Waals surface area contributed by atoms with Gasteiger partial charge in [0.05, 0.1) is 14.1 Å². The van der Waals surface area contributed by atoms with Gasteiger partial charge in [0.2, 0.25) is 0 Å². The van der Waals surface area contributed by atoms with Gasteiger partial charge in [0, 0.05) is 13.0 Å². The first-order chi connectivity index (χ1) is 4.87. The van der Waals surface area contributed by atoms with Gasteiger partial charge < -0.3 is 9.38 Å². The van der Waals surface area contributed by atoms with Crippen molar-refractivity contribution in [3.05, 3.63) is 0 Å². The fourth-order valence-electron chi connectivity index (χ4n) is 1.66. The molecular weight excluding hydrogens is 136 g/mol. The van der Waals surface area contributed by atoms with Crippen LogP contribution in [-0.4, -0.2) is 56.2 Å². The maximum atomic E-state index is 2.39. The Balaban J connectivity index is 2.29. The van der Waals surface area contributed by atoms with Gasteiger partial charge in [0.15, 0.2) is 0 Å². The zero-order valence-electron chi connectivity index (χ0n) is 8.52. The molecule has 0 bridgehead atoms. The Labute approximate surface area is 70.4 Å². The lowest BCUT2D eigenvalue weighted by molar-refractivity contribution is -0.785. The van der Waals surface area contributed by atoms with E-state index < -0.39 is 0 Å². The van der Waals surface area contributed by atoms with Crippen LogP contribution in [0, 0.1) is 0 Å². The van der Waals surface area contributed by atoms with E-state index in [1.165, 1.54) is 24.0 Å². The smallest absolute Gasteiger partial charge is 0.147 e. The third kappa shape index (κ3) is 1.74. The standard InChI is InChI=1S/C9H21N2/c1-9(6-7-10(2)3)8-11(9,4)5/h6-8H2,1-5H3/q+1. The van der Waals surface area contributed by atoms with E-state index in [9.17, 15) is 0 Å². The Hall–Kier alpha value is -0.0800. The number of hydrogen-bond donors (Lipinski definition) is 0.